The summed E-state index contributed by atoms with van der Waals surface area (Å²) in [5, 5.41) is 0. The van der Waals surface area contributed by atoms with Gasteiger partial charge in [-0.1, -0.05) is 33.6 Å². The van der Waals surface area contributed by atoms with Gasteiger partial charge in [-0.25, -0.2) is 0 Å². The lowest BCUT2D eigenvalue weighted by Gasteiger charge is -2.38. The van der Waals surface area contributed by atoms with Crippen molar-refractivity contribution in [2.75, 3.05) is 19.8 Å². The molecule has 3 nitrogen and oxygen atoms in total. The molecule has 0 aromatic heterocycles. The number of ether oxygens (including phenoxy) is 2. The molecule has 20 heavy (non-hydrogen) atoms. The molecule has 0 bridgehead atoms. The van der Waals surface area contributed by atoms with Gasteiger partial charge in [0.15, 0.2) is 0 Å². The smallest absolute Gasteiger partial charge is 0.309 e. The molecule has 0 aromatic carbocycles. The van der Waals surface area contributed by atoms with Crippen molar-refractivity contribution in [3.8, 4) is 0 Å². The van der Waals surface area contributed by atoms with Crippen LogP contribution in [0.5, 0.6) is 0 Å². The summed E-state index contributed by atoms with van der Waals surface area (Å²) in [6, 6.07) is 0. The van der Waals surface area contributed by atoms with E-state index in [-0.39, 0.29) is 11.9 Å². The van der Waals surface area contributed by atoms with Crippen molar-refractivity contribution < 1.29 is 14.3 Å². The van der Waals surface area contributed by atoms with Crippen molar-refractivity contribution in [1.29, 1.82) is 0 Å². The molecule has 0 saturated heterocycles. The Hall–Kier alpha value is -0.570. The highest BCUT2D eigenvalue weighted by Gasteiger charge is 2.32. The quantitative estimate of drug-likeness (QED) is 0.526. The molecule has 0 N–H and O–H groups in total. The Bertz CT molecular complexity index is 320. The lowest BCUT2D eigenvalue weighted by atomic mass is 9.69. The van der Waals surface area contributed by atoms with Crippen LogP contribution < -0.4 is 0 Å². The van der Waals surface area contributed by atoms with Crippen LogP contribution in [0.25, 0.3) is 0 Å². The minimum absolute atomic E-state index is 0.0318. The maximum absolute atomic E-state index is 11.3. The molecule has 3 heteroatoms. The molecule has 0 heterocycles. The highest BCUT2D eigenvalue weighted by Crippen LogP contribution is 2.41. The van der Waals surface area contributed by atoms with E-state index in [1.807, 2.05) is 0 Å². The van der Waals surface area contributed by atoms with Crippen LogP contribution in [-0.4, -0.2) is 25.8 Å². The topological polar surface area (TPSA) is 35.5 Å². The van der Waals surface area contributed by atoms with Gasteiger partial charge < -0.3 is 9.47 Å². The summed E-state index contributed by atoms with van der Waals surface area (Å²) < 4.78 is 10.9. The monoisotopic (exact) mass is 282 g/mol. The summed E-state index contributed by atoms with van der Waals surface area (Å²) >= 11 is 0. The lowest BCUT2D eigenvalue weighted by molar-refractivity contribution is -0.146. The molecule has 0 spiro atoms. The molecule has 116 valence electrons. The second kappa shape index (κ2) is 6.93. The zero-order valence-electron chi connectivity index (χ0n) is 13.3. The molecule has 2 aliphatic carbocycles. The Morgan fingerprint density at radius 1 is 1.25 bits per heavy atom. The summed E-state index contributed by atoms with van der Waals surface area (Å²) in [4.78, 5) is 11.3. The average Bonchev–Trinajstić information content (AvgIpc) is 3.21. The van der Waals surface area contributed by atoms with Crippen LogP contribution in [0.3, 0.4) is 0 Å². The van der Waals surface area contributed by atoms with Crippen molar-refractivity contribution in [3.05, 3.63) is 0 Å². The Labute approximate surface area is 123 Å². The number of esters is 1. The molecule has 2 atom stereocenters. The maximum Gasteiger partial charge on any atom is 0.309 e. The summed E-state index contributed by atoms with van der Waals surface area (Å²) in [5.41, 5.74) is 0.497. The lowest BCUT2D eigenvalue weighted by Crippen LogP contribution is -2.29. The molecule has 2 aliphatic rings. The fraction of sp³-hybridized carbons (Fsp3) is 0.941. The third kappa shape index (κ3) is 5.08. The summed E-state index contributed by atoms with van der Waals surface area (Å²) in [7, 11) is 0. The van der Waals surface area contributed by atoms with Crippen molar-refractivity contribution in [2.24, 2.45) is 23.2 Å². The van der Waals surface area contributed by atoms with Crippen LogP contribution in [0.4, 0.5) is 0 Å². The molecular formula is C17H30O3. The highest BCUT2D eigenvalue weighted by molar-refractivity contribution is 5.74. The zero-order chi connectivity index (χ0) is 14.6. The van der Waals surface area contributed by atoms with Crippen LogP contribution in [0.15, 0.2) is 0 Å². The number of carbonyl (C=O) groups excluding carboxylic acids is 1. The predicted molar refractivity (Wildman–Crippen MR) is 79.4 cm³/mol. The summed E-state index contributed by atoms with van der Waals surface area (Å²) in [6.45, 7) is 8.80. The van der Waals surface area contributed by atoms with Gasteiger partial charge in [0.25, 0.3) is 0 Å². The van der Waals surface area contributed by atoms with Crippen molar-refractivity contribution in [1.82, 2.24) is 0 Å². The maximum atomic E-state index is 11.3. The van der Waals surface area contributed by atoms with E-state index in [9.17, 15) is 4.79 Å². The van der Waals surface area contributed by atoms with Crippen molar-refractivity contribution >= 4 is 5.97 Å². The van der Waals surface area contributed by atoms with E-state index in [1.54, 1.807) is 0 Å². The van der Waals surface area contributed by atoms with Crippen molar-refractivity contribution in [3.63, 3.8) is 0 Å². The van der Waals surface area contributed by atoms with Gasteiger partial charge in [0.2, 0.25) is 0 Å². The molecule has 0 radical (unpaired) electrons. The van der Waals surface area contributed by atoms with Gasteiger partial charge in [-0.05, 0) is 42.9 Å². The largest absolute Gasteiger partial charge is 0.463 e. The number of carbonyl (C=O) groups is 1. The van der Waals surface area contributed by atoms with Crippen LogP contribution >= 0.6 is 0 Å². The molecular weight excluding hydrogens is 252 g/mol. The average molecular weight is 282 g/mol. The Kier molecular flexibility index (Phi) is 5.48. The Balaban J connectivity index is 1.55. The second-order valence-electron chi connectivity index (χ2n) is 7.51. The van der Waals surface area contributed by atoms with Gasteiger partial charge >= 0.3 is 5.97 Å². The number of hydrogen-bond donors (Lipinski definition) is 0. The first-order chi connectivity index (χ1) is 9.48. The summed E-state index contributed by atoms with van der Waals surface area (Å²) in [6.07, 6.45) is 7.37. The van der Waals surface area contributed by atoms with Crippen LogP contribution in [-0.2, 0) is 14.3 Å². The van der Waals surface area contributed by atoms with E-state index in [1.165, 1.54) is 25.7 Å². The van der Waals surface area contributed by atoms with E-state index in [0.29, 0.717) is 24.5 Å². The molecule has 2 fully saturated rings. The minimum Gasteiger partial charge on any atom is -0.463 e. The zero-order valence-corrected chi connectivity index (χ0v) is 13.3. The second-order valence-corrected chi connectivity index (χ2v) is 7.51. The van der Waals surface area contributed by atoms with E-state index in [0.717, 1.165) is 25.4 Å². The van der Waals surface area contributed by atoms with Crippen molar-refractivity contribution in [2.45, 2.75) is 59.3 Å². The molecule has 0 aliphatic heterocycles. The van der Waals surface area contributed by atoms with Crippen LogP contribution in [0.1, 0.15) is 59.3 Å². The van der Waals surface area contributed by atoms with Gasteiger partial charge in [-0.15, -0.1) is 0 Å². The van der Waals surface area contributed by atoms with E-state index < -0.39 is 0 Å². The van der Waals surface area contributed by atoms with Crippen LogP contribution in [0.2, 0.25) is 0 Å². The molecule has 2 unspecified atom stereocenters. The van der Waals surface area contributed by atoms with E-state index in [2.05, 4.69) is 20.8 Å². The first kappa shape index (κ1) is 15.8. The molecule has 2 saturated carbocycles. The Morgan fingerprint density at radius 3 is 2.65 bits per heavy atom. The molecule has 0 aromatic rings. The first-order valence-electron chi connectivity index (χ1n) is 8.22. The van der Waals surface area contributed by atoms with Gasteiger partial charge in [0.1, 0.15) is 6.61 Å². The SMILES string of the molecule is CC(COCCOC(=O)C1CC1)C1CCCC(C)(C)C1. The summed E-state index contributed by atoms with van der Waals surface area (Å²) in [5.74, 6) is 1.55. The Morgan fingerprint density at radius 2 is 2.00 bits per heavy atom. The van der Waals surface area contributed by atoms with Crippen LogP contribution in [0, 0.1) is 23.2 Å². The van der Waals surface area contributed by atoms with Gasteiger partial charge in [0, 0.05) is 6.61 Å². The highest BCUT2D eigenvalue weighted by atomic mass is 16.6. The third-order valence-electron chi connectivity index (χ3n) is 4.81. The molecule has 0 amide bonds. The number of rotatable bonds is 7. The fourth-order valence-corrected chi connectivity index (χ4v) is 3.29. The van der Waals surface area contributed by atoms with Gasteiger partial charge in [-0.3, -0.25) is 4.79 Å². The number of hydrogen-bond acceptors (Lipinski definition) is 3. The van der Waals surface area contributed by atoms with Gasteiger partial charge in [0.05, 0.1) is 12.5 Å². The van der Waals surface area contributed by atoms with E-state index >= 15 is 0 Å². The van der Waals surface area contributed by atoms with E-state index in [4.69, 9.17) is 9.47 Å². The first-order valence-corrected chi connectivity index (χ1v) is 8.22. The fourth-order valence-electron chi connectivity index (χ4n) is 3.29. The normalized spacial score (nSPS) is 27.1. The predicted octanol–water partition coefficient (Wildman–Crippen LogP) is 3.81. The van der Waals surface area contributed by atoms with Gasteiger partial charge in [-0.2, -0.15) is 0 Å². The standard InChI is InChI=1S/C17H30O3/c1-13(15-5-4-8-17(2,3)11-15)12-19-9-10-20-16(18)14-6-7-14/h13-15H,4-12H2,1-3H3. The molecule has 2 rings (SSSR count). The third-order valence-corrected chi connectivity index (χ3v) is 4.81. The minimum atomic E-state index is -0.0318.